The van der Waals surface area contributed by atoms with Crippen molar-refractivity contribution >= 4 is 11.7 Å². The van der Waals surface area contributed by atoms with E-state index >= 15 is 0 Å². The van der Waals surface area contributed by atoms with Crippen LogP contribution in [-0.2, 0) is 13.0 Å². The van der Waals surface area contributed by atoms with Gasteiger partial charge in [-0.3, -0.25) is 0 Å². The summed E-state index contributed by atoms with van der Waals surface area (Å²) in [5.74, 6) is 1.87. The summed E-state index contributed by atoms with van der Waals surface area (Å²) >= 11 is 0. The van der Waals surface area contributed by atoms with Crippen LogP contribution in [0.2, 0.25) is 0 Å². The molecular formula is C25H28N4O2. The zero-order valence-corrected chi connectivity index (χ0v) is 17.7. The average molecular weight is 417 g/mol. The number of carbonyl (C=O) groups excluding carboxylic acids is 1. The van der Waals surface area contributed by atoms with Gasteiger partial charge in [0.2, 0.25) is 5.89 Å². The Morgan fingerprint density at radius 3 is 2.65 bits per heavy atom. The number of oxazole rings is 1. The van der Waals surface area contributed by atoms with Crippen molar-refractivity contribution in [3.63, 3.8) is 0 Å². The number of piperidine rings is 1. The second-order valence-electron chi connectivity index (χ2n) is 8.40. The number of rotatable bonds is 5. The van der Waals surface area contributed by atoms with Gasteiger partial charge >= 0.3 is 6.03 Å². The molecule has 3 aromatic rings. The minimum Gasteiger partial charge on any atom is -0.439 e. The lowest BCUT2D eigenvalue weighted by molar-refractivity contribution is 0.170. The molecule has 0 bridgehead atoms. The summed E-state index contributed by atoms with van der Waals surface area (Å²) in [6.45, 7) is 4.10. The number of likely N-dealkylation sites (tertiary alicyclic amines) is 1. The van der Waals surface area contributed by atoms with E-state index in [4.69, 9.17) is 4.42 Å². The van der Waals surface area contributed by atoms with Crippen molar-refractivity contribution in [1.29, 1.82) is 0 Å². The third-order valence-corrected chi connectivity index (χ3v) is 6.37. The number of aromatic nitrogens is 1. The summed E-state index contributed by atoms with van der Waals surface area (Å²) in [5, 5.41) is 2.95. The highest BCUT2D eigenvalue weighted by Crippen LogP contribution is 2.30. The standard InChI is InChI=1S/C25H28N4O2/c30-25(27-17-24-26-16-23(31-24)21-7-2-1-3-8-21)28-13-10-19(11-14-28)18-29-15-12-20-6-4-5-9-22(20)29/h1-9,16,19H,10-15,17-18H2,(H,27,30). The molecule has 31 heavy (non-hydrogen) atoms. The number of nitrogens with zero attached hydrogens (tertiary/aromatic N) is 3. The molecule has 2 amide bonds. The van der Waals surface area contributed by atoms with Gasteiger partial charge in [-0.05, 0) is 36.8 Å². The average Bonchev–Trinajstić information content (AvgIpc) is 3.46. The first kappa shape index (κ1) is 19.7. The first-order valence-electron chi connectivity index (χ1n) is 11.1. The number of amides is 2. The maximum absolute atomic E-state index is 12.6. The van der Waals surface area contributed by atoms with Crippen molar-refractivity contribution in [3.8, 4) is 11.3 Å². The molecule has 0 radical (unpaired) electrons. The molecule has 2 aromatic carbocycles. The van der Waals surface area contributed by atoms with Gasteiger partial charge in [0.25, 0.3) is 0 Å². The van der Waals surface area contributed by atoms with Gasteiger partial charge in [-0.1, -0.05) is 48.5 Å². The third kappa shape index (κ3) is 4.43. The number of hydrogen-bond donors (Lipinski definition) is 1. The second kappa shape index (κ2) is 8.84. The SMILES string of the molecule is O=C(NCc1ncc(-c2ccccc2)o1)N1CCC(CN2CCc3ccccc32)CC1. The van der Waals surface area contributed by atoms with Gasteiger partial charge in [0, 0.05) is 37.4 Å². The number of para-hydroxylation sites is 1. The van der Waals surface area contributed by atoms with Crippen LogP contribution in [0.15, 0.2) is 65.2 Å². The first-order valence-corrected chi connectivity index (χ1v) is 11.1. The summed E-state index contributed by atoms with van der Waals surface area (Å²) in [6.07, 6.45) is 4.94. The Balaban J connectivity index is 1.08. The number of carbonyl (C=O) groups is 1. The van der Waals surface area contributed by atoms with Gasteiger partial charge in [-0.2, -0.15) is 0 Å². The molecule has 5 rings (SSSR count). The van der Waals surface area contributed by atoms with E-state index in [1.807, 2.05) is 35.2 Å². The van der Waals surface area contributed by atoms with E-state index in [1.165, 1.54) is 11.3 Å². The summed E-state index contributed by atoms with van der Waals surface area (Å²) in [6, 6.07) is 18.5. The fourth-order valence-electron chi connectivity index (χ4n) is 4.62. The van der Waals surface area contributed by atoms with Gasteiger partial charge in [0.05, 0.1) is 12.7 Å². The zero-order chi connectivity index (χ0) is 21.0. The summed E-state index contributed by atoms with van der Waals surface area (Å²) in [4.78, 5) is 21.3. The summed E-state index contributed by atoms with van der Waals surface area (Å²) in [7, 11) is 0. The van der Waals surface area contributed by atoms with Gasteiger partial charge in [0.15, 0.2) is 5.76 Å². The number of hydrogen-bond acceptors (Lipinski definition) is 4. The zero-order valence-electron chi connectivity index (χ0n) is 17.7. The van der Waals surface area contributed by atoms with Crippen LogP contribution in [-0.4, -0.2) is 42.1 Å². The minimum absolute atomic E-state index is 0.0376. The molecule has 2 aliphatic rings. The summed E-state index contributed by atoms with van der Waals surface area (Å²) < 4.78 is 5.78. The molecule has 1 saturated heterocycles. The highest BCUT2D eigenvalue weighted by molar-refractivity contribution is 5.74. The molecule has 1 aromatic heterocycles. The lowest BCUT2D eigenvalue weighted by Crippen LogP contribution is -2.45. The Bertz CT molecular complexity index is 1020. The van der Waals surface area contributed by atoms with Crippen molar-refractivity contribution in [2.24, 2.45) is 5.92 Å². The van der Waals surface area contributed by atoms with Gasteiger partial charge in [-0.25, -0.2) is 9.78 Å². The second-order valence-corrected chi connectivity index (χ2v) is 8.40. The number of fused-ring (bicyclic) bond motifs is 1. The molecule has 2 aliphatic heterocycles. The third-order valence-electron chi connectivity index (χ3n) is 6.37. The van der Waals surface area contributed by atoms with E-state index in [0.717, 1.165) is 51.0 Å². The molecule has 0 aliphatic carbocycles. The van der Waals surface area contributed by atoms with Crippen LogP contribution >= 0.6 is 0 Å². The molecule has 0 saturated carbocycles. The fraction of sp³-hybridized carbons (Fsp3) is 0.360. The lowest BCUT2D eigenvalue weighted by atomic mass is 9.96. The van der Waals surface area contributed by atoms with E-state index in [2.05, 4.69) is 39.5 Å². The van der Waals surface area contributed by atoms with Crippen LogP contribution in [0, 0.1) is 5.92 Å². The number of anilines is 1. The molecule has 6 nitrogen and oxygen atoms in total. The molecule has 6 heteroatoms. The molecule has 3 heterocycles. The number of nitrogens with one attached hydrogen (secondary N) is 1. The van der Waals surface area contributed by atoms with Crippen molar-refractivity contribution in [2.75, 3.05) is 31.1 Å². The predicted octanol–water partition coefficient (Wildman–Crippen LogP) is 4.33. The number of benzene rings is 2. The largest absolute Gasteiger partial charge is 0.439 e. The quantitative estimate of drug-likeness (QED) is 0.673. The van der Waals surface area contributed by atoms with Gasteiger partial charge < -0.3 is 19.5 Å². The molecule has 1 fully saturated rings. The fourth-order valence-corrected chi connectivity index (χ4v) is 4.62. The van der Waals surface area contributed by atoms with Crippen molar-refractivity contribution in [1.82, 2.24) is 15.2 Å². The number of urea groups is 1. The topological polar surface area (TPSA) is 61.6 Å². The molecule has 0 unspecified atom stereocenters. The molecule has 0 atom stereocenters. The smallest absolute Gasteiger partial charge is 0.317 e. The van der Waals surface area contributed by atoms with E-state index < -0.39 is 0 Å². The Hall–Kier alpha value is -3.28. The normalized spacial score (nSPS) is 16.4. The Morgan fingerprint density at radius 1 is 1.03 bits per heavy atom. The van der Waals surface area contributed by atoms with Gasteiger partial charge in [0.1, 0.15) is 0 Å². The Labute approximate surface area is 182 Å². The van der Waals surface area contributed by atoms with Crippen LogP contribution < -0.4 is 10.2 Å². The Morgan fingerprint density at radius 2 is 1.81 bits per heavy atom. The van der Waals surface area contributed by atoms with Crippen LogP contribution in [0.1, 0.15) is 24.3 Å². The minimum atomic E-state index is -0.0376. The highest BCUT2D eigenvalue weighted by atomic mass is 16.4. The summed E-state index contributed by atoms with van der Waals surface area (Å²) in [5.41, 5.74) is 3.83. The van der Waals surface area contributed by atoms with Crippen LogP contribution in [0.5, 0.6) is 0 Å². The highest BCUT2D eigenvalue weighted by Gasteiger charge is 2.26. The molecule has 1 N–H and O–H groups in total. The monoisotopic (exact) mass is 416 g/mol. The van der Waals surface area contributed by atoms with E-state index in [1.54, 1.807) is 6.20 Å². The Kier molecular flexibility index (Phi) is 5.61. The predicted molar refractivity (Wildman–Crippen MR) is 121 cm³/mol. The first-order chi connectivity index (χ1) is 15.3. The molecular weight excluding hydrogens is 388 g/mol. The van der Waals surface area contributed by atoms with Crippen molar-refractivity contribution in [2.45, 2.75) is 25.8 Å². The van der Waals surface area contributed by atoms with Crippen molar-refractivity contribution < 1.29 is 9.21 Å². The van der Waals surface area contributed by atoms with Crippen LogP contribution in [0.3, 0.4) is 0 Å². The maximum Gasteiger partial charge on any atom is 0.317 e. The van der Waals surface area contributed by atoms with Crippen molar-refractivity contribution in [3.05, 3.63) is 72.2 Å². The van der Waals surface area contributed by atoms with E-state index in [-0.39, 0.29) is 6.03 Å². The molecule has 160 valence electrons. The maximum atomic E-state index is 12.6. The van der Waals surface area contributed by atoms with Crippen LogP contribution in [0.25, 0.3) is 11.3 Å². The van der Waals surface area contributed by atoms with Crippen LogP contribution in [0.4, 0.5) is 10.5 Å². The van der Waals surface area contributed by atoms with E-state index in [9.17, 15) is 4.79 Å². The lowest BCUT2D eigenvalue weighted by Gasteiger charge is -2.34. The van der Waals surface area contributed by atoms with E-state index in [0.29, 0.717) is 24.1 Å². The van der Waals surface area contributed by atoms with Gasteiger partial charge in [-0.15, -0.1) is 0 Å². The molecule has 0 spiro atoms.